The van der Waals surface area contributed by atoms with Crippen LogP contribution in [0.5, 0.6) is 11.5 Å². The normalized spacial score (nSPS) is 11.8. The van der Waals surface area contributed by atoms with E-state index in [1.807, 2.05) is 48.5 Å². The number of carbonyl (C=O) groups excluding carboxylic acids is 1. The molecule has 3 heteroatoms. The summed E-state index contributed by atoms with van der Waals surface area (Å²) in [6.45, 7) is 4.26. The average Bonchev–Trinajstić information content (AvgIpc) is 2.60. The van der Waals surface area contributed by atoms with E-state index in [0.29, 0.717) is 11.3 Å². The van der Waals surface area contributed by atoms with Gasteiger partial charge in [0, 0.05) is 6.04 Å². The smallest absolute Gasteiger partial charge is 0.255 e. The number of rotatable bonds is 9. The molecule has 0 aliphatic rings. The van der Waals surface area contributed by atoms with Gasteiger partial charge in [0.15, 0.2) is 0 Å². The summed E-state index contributed by atoms with van der Waals surface area (Å²) in [5, 5.41) is 3.08. The highest BCUT2D eigenvalue weighted by Gasteiger charge is 2.14. The third-order valence-corrected chi connectivity index (χ3v) is 3.97. The third-order valence-electron chi connectivity index (χ3n) is 3.97. The monoisotopic (exact) mass is 325 g/mol. The van der Waals surface area contributed by atoms with Gasteiger partial charge >= 0.3 is 0 Å². The maximum Gasteiger partial charge on any atom is 0.255 e. The lowest BCUT2D eigenvalue weighted by Gasteiger charge is -2.16. The Bertz CT molecular complexity index is 625. The molecule has 0 aliphatic heterocycles. The summed E-state index contributed by atoms with van der Waals surface area (Å²) in [6, 6.07) is 17.1. The molecule has 0 heterocycles. The van der Waals surface area contributed by atoms with Crippen LogP contribution in [0.2, 0.25) is 0 Å². The van der Waals surface area contributed by atoms with Gasteiger partial charge < -0.3 is 10.1 Å². The number of benzene rings is 2. The molecule has 128 valence electrons. The van der Waals surface area contributed by atoms with Crippen LogP contribution < -0.4 is 10.1 Å². The van der Waals surface area contributed by atoms with E-state index in [9.17, 15) is 4.79 Å². The second kappa shape index (κ2) is 9.76. The van der Waals surface area contributed by atoms with Gasteiger partial charge in [0.25, 0.3) is 5.91 Å². The van der Waals surface area contributed by atoms with E-state index in [0.717, 1.165) is 18.6 Å². The second-order valence-corrected chi connectivity index (χ2v) is 6.14. The maximum absolute atomic E-state index is 12.6. The minimum Gasteiger partial charge on any atom is -0.457 e. The molecular formula is C21H27NO2. The van der Waals surface area contributed by atoms with Gasteiger partial charge in [0.1, 0.15) is 11.5 Å². The van der Waals surface area contributed by atoms with Crippen LogP contribution in [-0.4, -0.2) is 11.9 Å². The molecular weight excluding hydrogens is 298 g/mol. The summed E-state index contributed by atoms with van der Waals surface area (Å²) in [4.78, 5) is 12.6. The van der Waals surface area contributed by atoms with Crippen LogP contribution in [0.25, 0.3) is 0 Å². The van der Waals surface area contributed by atoms with E-state index >= 15 is 0 Å². The van der Waals surface area contributed by atoms with Crippen LogP contribution in [0.3, 0.4) is 0 Å². The fraction of sp³-hybridized carbons (Fsp3) is 0.381. The number of ether oxygens (including phenoxy) is 1. The summed E-state index contributed by atoms with van der Waals surface area (Å²) < 4.78 is 5.86. The molecule has 0 aromatic heterocycles. The predicted octanol–water partition coefficient (Wildman–Crippen LogP) is 5.57. The molecule has 0 saturated carbocycles. The molecule has 3 nitrogen and oxygen atoms in total. The van der Waals surface area contributed by atoms with Crippen molar-refractivity contribution in [1.29, 1.82) is 0 Å². The van der Waals surface area contributed by atoms with E-state index in [2.05, 4.69) is 19.2 Å². The van der Waals surface area contributed by atoms with Crippen molar-refractivity contribution in [2.24, 2.45) is 0 Å². The first-order valence-corrected chi connectivity index (χ1v) is 8.83. The molecule has 24 heavy (non-hydrogen) atoms. The largest absolute Gasteiger partial charge is 0.457 e. The molecule has 0 spiro atoms. The lowest BCUT2D eigenvalue weighted by Crippen LogP contribution is -2.32. The number of hydrogen-bond donors (Lipinski definition) is 1. The SMILES string of the molecule is CCCCCC[C@H](C)NC(=O)c1ccccc1Oc1ccccc1. The van der Waals surface area contributed by atoms with Crippen molar-refractivity contribution in [3.63, 3.8) is 0 Å². The van der Waals surface area contributed by atoms with Gasteiger partial charge in [-0.3, -0.25) is 4.79 Å². The summed E-state index contributed by atoms with van der Waals surface area (Å²) in [6.07, 6.45) is 5.87. The lowest BCUT2D eigenvalue weighted by molar-refractivity contribution is 0.0935. The Kier molecular flexibility index (Phi) is 7.34. The van der Waals surface area contributed by atoms with Crippen molar-refractivity contribution < 1.29 is 9.53 Å². The number of para-hydroxylation sites is 2. The standard InChI is InChI=1S/C21H27NO2/c1-3-4-5-7-12-17(2)22-21(23)19-15-10-11-16-20(19)24-18-13-8-6-9-14-18/h6,8-11,13-17H,3-5,7,12H2,1-2H3,(H,22,23)/t17-/m0/s1. The van der Waals surface area contributed by atoms with E-state index in [1.165, 1.54) is 19.3 Å². The molecule has 1 N–H and O–H groups in total. The average molecular weight is 325 g/mol. The van der Waals surface area contributed by atoms with E-state index in [1.54, 1.807) is 6.07 Å². The van der Waals surface area contributed by atoms with Gasteiger partial charge in [0.2, 0.25) is 0 Å². The Hall–Kier alpha value is -2.29. The molecule has 0 unspecified atom stereocenters. The minimum absolute atomic E-state index is 0.0791. The van der Waals surface area contributed by atoms with Crippen molar-refractivity contribution in [3.05, 3.63) is 60.2 Å². The van der Waals surface area contributed by atoms with E-state index in [4.69, 9.17) is 4.74 Å². The highest BCUT2D eigenvalue weighted by atomic mass is 16.5. The van der Waals surface area contributed by atoms with Gasteiger partial charge in [-0.2, -0.15) is 0 Å². The van der Waals surface area contributed by atoms with Crippen LogP contribution in [0, 0.1) is 0 Å². The molecule has 2 aromatic rings. The summed E-state index contributed by atoms with van der Waals surface area (Å²) in [5.74, 6) is 1.23. The molecule has 2 aromatic carbocycles. The Morgan fingerprint density at radius 3 is 2.46 bits per heavy atom. The zero-order valence-corrected chi connectivity index (χ0v) is 14.6. The van der Waals surface area contributed by atoms with Gasteiger partial charge in [0.05, 0.1) is 5.56 Å². The van der Waals surface area contributed by atoms with Crippen molar-refractivity contribution >= 4 is 5.91 Å². The summed E-state index contributed by atoms with van der Waals surface area (Å²) >= 11 is 0. The fourth-order valence-electron chi connectivity index (χ4n) is 2.61. The Labute approximate surface area is 145 Å². The van der Waals surface area contributed by atoms with Crippen LogP contribution in [0.15, 0.2) is 54.6 Å². The van der Waals surface area contributed by atoms with Gasteiger partial charge in [-0.15, -0.1) is 0 Å². The molecule has 0 bridgehead atoms. The van der Waals surface area contributed by atoms with E-state index < -0.39 is 0 Å². The number of amides is 1. The topological polar surface area (TPSA) is 38.3 Å². The minimum atomic E-state index is -0.0791. The molecule has 2 rings (SSSR count). The predicted molar refractivity (Wildman–Crippen MR) is 98.6 cm³/mol. The lowest BCUT2D eigenvalue weighted by atomic mass is 10.1. The number of carbonyl (C=O) groups is 1. The van der Waals surface area contributed by atoms with Crippen molar-refractivity contribution in [1.82, 2.24) is 5.32 Å². The summed E-state index contributed by atoms with van der Waals surface area (Å²) in [7, 11) is 0. The highest BCUT2D eigenvalue weighted by molar-refractivity contribution is 5.97. The van der Waals surface area contributed by atoms with E-state index in [-0.39, 0.29) is 11.9 Å². The van der Waals surface area contributed by atoms with Gasteiger partial charge in [-0.1, -0.05) is 62.9 Å². The zero-order valence-electron chi connectivity index (χ0n) is 14.6. The van der Waals surface area contributed by atoms with Crippen molar-refractivity contribution in [2.45, 2.75) is 52.0 Å². The highest BCUT2D eigenvalue weighted by Crippen LogP contribution is 2.25. The van der Waals surface area contributed by atoms with Crippen LogP contribution in [-0.2, 0) is 0 Å². The maximum atomic E-state index is 12.6. The van der Waals surface area contributed by atoms with Crippen LogP contribution in [0.1, 0.15) is 56.3 Å². The third kappa shape index (κ3) is 5.73. The molecule has 0 radical (unpaired) electrons. The van der Waals surface area contributed by atoms with Gasteiger partial charge in [-0.25, -0.2) is 0 Å². The Balaban J connectivity index is 1.96. The second-order valence-electron chi connectivity index (χ2n) is 6.14. The van der Waals surface area contributed by atoms with Crippen molar-refractivity contribution in [3.8, 4) is 11.5 Å². The number of nitrogens with one attached hydrogen (secondary N) is 1. The van der Waals surface area contributed by atoms with Gasteiger partial charge in [-0.05, 0) is 37.6 Å². The first-order chi connectivity index (χ1) is 11.7. The molecule has 0 fully saturated rings. The molecule has 1 amide bonds. The molecule has 1 atom stereocenters. The first kappa shape index (κ1) is 18.1. The zero-order chi connectivity index (χ0) is 17.2. The van der Waals surface area contributed by atoms with Crippen molar-refractivity contribution in [2.75, 3.05) is 0 Å². The quantitative estimate of drug-likeness (QED) is 0.612. The number of hydrogen-bond acceptors (Lipinski definition) is 2. The fourth-order valence-corrected chi connectivity index (χ4v) is 2.61. The Morgan fingerprint density at radius 1 is 1.00 bits per heavy atom. The van der Waals surface area contributed by atoms with Crippen LogP contribution in [0.4, 0.5) is 0 Å². The Morgan fingerprint density at radius 2 is 1.71 bits per heavy atom. The first-order valence-electron chi connectivity index (χ1n) is 8.83. The molecule has 0 saturated heterocycles. The summed E-state index contributed by atoms with van der Waals surface area (Å²) in [5.41, 5.74) is 0.571. The molecule has 0 aliphatic carbocycles. The van der Waals surface area contributed by atoms with Crippen LogP contribution >= 0.6 is 0 Å². The number of unbranched alkanes of at least 4 members (excludes halogenated alkanes) is 3.